The van der Waals surface area contributed by atoms with Crippen molar-refractivity contribution in [2.75, 3.05) is 18.5 Å². The first-order valence-electron chi connectivity index (χ1n) is 9.96. The van der Waals surface area contributed by atoms with E-state index in [4.69, 9.17) is 9.47 Å². The van der Waals surface area contributed by atoms with Crippen molar-refractivity contribution in [3.05, 3.63) is 16.0 Å². The van der Waals surface area contributed by atoms with Crippen LogP contribution in [0.5, 0.6) is 0 Å². The SMILES string of the molecule is CCOC(=O)c1c(NC(=O)COC(=O)C(C)N2C(=O)CCC2=O)sc2c1CCCC2. The second-order valence-corrected chi connectivity index (χ2v) is 8.23. The third-order valence-electron chi connectivity index (χ3n) is 5.07. The van der Waals surface area contributed by atoms with Crippen LogP contribution in [0.1, 0.15) is 60.3 Å². The number of rotatable bonds is 7. The Morgan fingerprint density at radius 3 is 2.40 bits per heavy atom. The minimum Gasteiger partial charge on any atom is -0.462 e. The van der Waals surface area contributed by atoms with Gasteiger partial charge in [0.15, 0.2) is 6.61 Å². The van der Waals surface area contributed by atoms with Crippen molar-refractivity contribution in [2.24, 2.45) is 0 Å². The number of hydrogen-bond donors (Lipinski definition) is 1. The molecule has 1 atom stereocenters. The van der Waals surface area contributed by atoms with E-state index in [-0.39, 0.29) is 19.4 Å². The second-order valence-electron chi connectivity index (χ2n) is 7.12. The normalized spacial score (nSPS) is 16.8. The summed E-state index contributed by atoms with van der Waals surface area (Å²) in [6, 6.07) is -1.09. The Hall–Kier alpha value is -2.75. The fourth-order valence-electron chi connectivity index (χ4n) is 3.62. The van der Waals surface area contributed by atoms with Crippen LogP contribution in [0.15, 0.2) is 0 Å². The number of ether oxygens (including phenoxy) is 2. The molecule has 2 aliphatic rings. The lowest BCUT2D eigenvalue weighted by Gasteiger charge is -2.20. The van der Waals surface area contributed by atoms with Gasteiger partial charge in [-0.05, 0) is 45.1 Å². The Balaban J connectivity index is 1.64. The minimum atomic E-state index is -1.09. The molecule has 3 rings (SSSR count). The lowest BCUT2D eigenvalue weighted by atomic mass is 9.95. The average molecular weight is 436 g/mol. The molecule has 1 aromatic rings. The Labute approximate surface area is 177 Å². The van der Waals surface area contributed by atoms with Crippen molar-refractivity contribution < 1.29 is 33.4 Å². The van der Waals surface area contributed by atoms with Crippen LogP contribution in [0.3, 0.4) is 0 Å². The van der Waals surface area contributed by atoms with E-state index < -0.39 is 42.3 Å². The van der Waals surface area contributed by atoms with Crippen LogP contribution in [0.4, 0.5) is 5.00 Å². The van der Waals surface area contributed by atoms with Gasteiger partial charge in [-0.1, -0.05) is 0 Å². The first-order chi connectivity index (χ1) is 14.3. The molecule has 162 valence electrons. The highest BCUT2D eigenvalue weighted by atomic mass is 32.1. The number of imide groups is 1. The zero-order valence-electron chi connectivity index (χ0n) is 16.9. The molecule has 1 N–H and O–H groups in total. The van der Waals surface area contributed by atoms with Gasteiger partial charge in [-0.2, -0.15) is 0 Å². The summed E-state index contributed by atoms with van der Waals surface area (Å²) in [5, 5.41) is 3.03. The Kier molecular flexibility index (Phi) is 6.86. The number of anilines is 1. The number of fused-ring (bicyclic) bond motifs is 1. The van der Waals surface area contributed by atoms with Crippen LogP contribution in [-0.4, -0.2) is 53.8 Å². The van der Waals surface area contributed by atoms with Gasteiger partial charge < -0.3 is 14.8 Å². The van der Waals surface area contributed by atoms with Gasteiger partial charge in [0.1, 0.15) is 11.0 Å². The van der Waals surface area contributed by atoms with Gasteiger partial charge in [0.05, 0.1) is 12.2 Å². The number of amides is 3. The van der Waals surface area contributed by atoms with E-state index in [1.54, 1.807) is 6.92 Å². The highest BCUT2D eigenvalue weighted by Crippen LogP contribution is 2.38. The molecule has 0 bridgehead atoms. The maximum Gasteiger partial charge on any atom is 0.341 e. The maximum atomic E-state index is 12.4. The van der Waals surface area contributed by atoms with E-state index in [9.17, 15) is 24.0 Å². The molecule has 1 aromatic heterocycles. The van der Waals surface area contributed by atoms with Crippen molar-refractivity contribution in [1.29, 1.82) is 0 Å². The number of likely N-dealkylation sites (tertiary alicyclic amines) is 1. The first kappa shape index (κ1) is 21.9. The molecule has 0 spiro atoms. The number of aryl methyl sites for hydroxylation is 1. The fourth-order valence-corrected chi connectivity index (χ4v) is 4.92. The van der Waals surface area contributed by atoms with E-state index in [1.165, 1.54) is 18.3 Å². The van der Waals surface area contributed by atoms with Crippen LogP contribution >= 0.6 is 11.3 Å². The van der Waals surface area contributed by atoms with Gasteiger partial charge in [-0.3, -0.25) is 19.3 Å². The van der Waals surface area contributed by atoms with Gasteiger partial charge in [-0.15, -0.1) is 11.3 Å². The first-order valence-corrected chi connectivity index (χ1v) is 10.8. The van der Waals surface area contributed by atoms with Gasteiger partial charge in [0, 0.05) is 17.7 Å². The van der Waals surface area contributed by atoms with Crippen molar-refractivity contribution in [2.45, 2.75) is 58.4 Å². The molecular weight excluding hydrogens is 412 g/mol. The lowest BCUT2D eigenvalue weighted by molar-refractivity contribution is -0.158. The van der Waals surface area contributed by atoms with E-state index in [0.717, 1.165) is 41.0 Å². The summed E-state index contributed by atoms with van der Waals surface area (Å²) in [5.74, 6) is -2.80. The molecule has 10 heteroatoms. The topological polar surface area (TPSA) is 119 Å². The summed E-state index contributed by atoms with van der Waals surface area (Å²) in [4.78, 5) is 62.3. The fraction of sp³-hybridized carbons (Fsp3) is 0.550. The van der Waals surface area contributed by atoms with E-state index in [0.29, 0.717) is 10.6 Å². The molecule has 9 nitrogen and oxygen atoms in total. The smallest absolute Gasteiger partial charge is 0.341 e. The molecule has 2 heterocycles. The summed E-state index contributed by atoms with van der Waals surface area (Å²) in [7, 11) is 0. The molecule has 1 aliphatic carbocycles. The van der Waals surface area contributed by atoms with Crippen molar-refractivity contribution in [3.63, 3.8) is 0 Å². The lowest BCUT2D eigenvalue weighted by Crippen LogP contribution is -2.43. The Morgan fingerprint density at radius 2 is 1.73 bits per heavy atom. The molecule has 3 amide bonds. The number of carbonyl (C=O) groups is 5. The van der Waals surface area contributed by atoms with Crippen LogP contribution in [0.25, 0.3) is 0 Å². The molecule has 0 aromatic carbocycles. The van der Waals surface area contributed by atoms with Gasteiger partial charge in [-0.25, -0.2) is 9.59 Å². The molecule has 1 fully saturated rings. The van der Waals surface area contributed by atoms with E-state index in [1.807, 2.05) is 0 Å². The zero-order valence-corrected chi connectivity index (χ0v) is 17.8. The van der Waals surface area contributed by atoms with Gasteiger partial charge in [0.2, 0.25) is 11.8 Å². The maximum absolute atomic E-state index is 12.4. The summed E-state index contributed by atoms with van der Waals surface area (Å²) in [5.41, 5.74) is 1.29. The van der Waals surface area contributed by atoms with Crippen LogP contribution in [0, 0.1) is 0 Å². The molecular formula is C20H24N2O7S. The van der Waals surface area contributed by atoms with Crippen LogP contribution in [0.2, 0.25) is 0 Å². The molecule has 1 unspecified atom stereocenters. The van der Waals surface area contributed by atoms with E-state index in [2.05, 4.69) is 5.32 Å². The highest BCUT2D eigenvalue weighted by molar-refractivity contribution is 7.17. The molecule has 1 saturated heterocycles. The monoisotopic (exact) mass is 436 g/mol. The van der Waals surface area contributed by atoms with Crippen LogP contribution < -0.4 is 5.32 Å². The van der Waals surface area contributed by atoms with Crippen molar-refractivity contribution in [1.82, 2.24) is 4.90 Å². The molecule has 1 aliphatic heterocycles. The minimum absolute atomic E-state index is 0.0661. The number of thiophene rings is 1. The standard InChI is InChI=1S/C20H24N2O7S/c1-3-28-20(27)17-12-6-4-5-7-13(12)30-18(17)21-14(23)10-29-19(26)11(2)22-15(24)8-9-16(22)25/h11H,3-10H2,1-2H3,(H,21,23). The third-order valence-corrected chi connectivity index (χ3v) is 6.28. The number of nitrogens with one attached hydrogen (secondary N) is 1. The van der Waals surface area contributed by atoms with E-state index >= 15 is 0 Å². The number of carbonyl (C=O) groups excluding carboxylic acids is 5. The number of esters is 2. The summed E-state index contributed by atoms with van der Waals surface area (Å²) < 4.78 is 10.1. The van der Waals surface area contributed by atoms with Crippen molar-refractivity contribution in [3.8, 4) is 0 Å². The number of nitrogens with zero attached hydrogens (tertiary/aromatic N) is 1. The zero-order chi connectivity index (χ0) is 21.8. The largest absolute Gasteiger partial charge is 0.462 e. The third kappa shape index (κ3) is 4.53. The van der Waals surface area contributed by atoms with Crippen molar-refractivity contribution >= 4 is 46.0 Å². The molecule has 0 radical (unpaired) electrons. The quantitative estimate of drug-likeness (QED) is 0.511. The number of hydrogen-bond acceptors (Lipinski definition) is 8. The Morgan fingerprint density at radius 1 is 1.07 bits per heavy atom. The predicted molar refractivity (Wildman–Crippen MR) is 107 cm³/mol. The van der Waals surface area contributed by atoms with Crippen LogP contribution in [-0.2, 0) is 41.5 Å². The molecule has 30 heavy (non-hydrogen) atoms. The van der Waals surface area contributed by atoms with Gasteiger partial charge in [0.25, 0.3) is 5.91 Å². The second kappa shape index (κ2) is 9.38. The summed E-state index contributed by atoms with van der Waals surface area (Å²) in [6.07, 6.45) is 3.71. The summed E-state index contributed by atoms with van der Waals surface area (Å²) in [6.45, 7) is 2.73. The Bertz CT molecular complexity index is 876. The van der Waals surface area contributed by atoms with Gasteiger partial charge >= 0.3 is 11.9 Å². The average Bonchev–Trinajstić information content (AvgIpc) is 3.24. The summed E-state index contributed by atoms with van der Waals surface area (Å²) >= 11 is 1.34. The predicted octanol–water partition coefficient (Wildman–Crippen LogP) is 1.82. The molecule has 0 saturated carbocycles. The highest BCUT2D eigenvalue weighted by Gasteiger charge is 2.37.